The van der Waals surface area contributed by atoms with Gasteiger partial charge in [-0.05, 0) is 93.0 Å². The third-order valence-corrected chi connectivity index (χ3v) is 7.36. The van der Waals surface area contributed by atoms with E-state index in [9.17, 15) is 4.79 Å². The van der Waals surface area contributed by atoms with Crippen molar-refractivity contribution in [1.29, 1.82) is 0 Å². The van der Waals surface area contributed by atoms with Crippen molar-refractivity contribution in [1.82, 2.24) is 4.90 Å². The van der Waals surface area contributed by atoms with Crippen LogP contribution >= 0.6 is 11.6 Å². The number of nitrogens with zero attached hydrogens (tertiary/aromatic N) is 2. The van der Waals surface area contributed by atoms with E-state index in [1.165, 1.54) is 5.56 Å². The zero-order valence-electron chi connectivity index (χ0n) is 21.9. The van der Waals surface area contributed by atoms with Gasteiger partial charge in [0.05, 0.1) is 25.7 Å². The standard InChI is InChI=1S/C30H35ClN2O3/c1-7-19(2)36-28-18-26-23(16-27(28)35-6)17-29(34)33(30(26)22-8-12-24(31)13-9-22)25-14-10-21(11-15-25)20(3)32(4)5/h8-16,18-20,30H,7,17H2,1-6H3/t19-,20?,30?/m1/s1. The van der Waals surface area contributed by atoms with Crippen LogP contribution in [0.2, 0.25) is 5.02 Å². The summed E-state index contributed by atoms with van der Waals surface area (Å²) >= 11 is 6.22. The Morgan fingerprint density at radius 3 is 2.28 bits per heavy atom. The minimum absolute atomic E-state index is 0.0357. The molecule has 190 valence electrons. The van der Waals surface area contributed by atoms with Crippen molar-refractivity contribution in [2.75, 3.05) is 26.1 Å². The van der Waals surface area contributed by atoms with Gasteiger partial charge in [-0.15, -0.1) is 0 Å². The predicted molar refractivity (Wildman–Crippen MR) is 146 cm³/mol. The van der Waals surface area contributed by atoms with Crippen molar-refractivity contribution in [2.45, 2.75) is 51.8 Å². The largest absolute Gasteiger partial charge is 0.493 e. The molecule has 0 radical (unpaired) electrons. The molecule has 3 atom stereocenters. The third kappa shape index (κ3) is 5.23. The maximum absolute atomic E-state index is 13.7. The van der Waals surface area contributed by atoms with E-state index in [2.05, 4.69) is 45.0 Å². The molecule has 0 fully saturated rings. The van der Waals surface area contributed by atoms with E-state index in [4.69, 9.17) is 21.1 Å². The number of ether oxygens (including phenoxy) is 2. The number of halogens is 1. The van der Waals surface area contributed by atoms with Crippen molar-refractivity contribution in [3.05, 3.63) is 87.9 Å². The van der Waals surface area contributed by atoms with E-state index in [1.54, 1.807) is 7.11 Å². The second kappa shape index (κ2) is 10.9. The summed E-state index contributed by atoms with van der Waals surface area (Å²) in [5.74, 6) is 1.37. The van der Waals surface area contributed by atoms with Crippen molar-refractivity contribution in [3.63, 3.8) is 0 Å². The number of anilines is 1. The van der Waals surface area contributed by atoms with Gasteiger partial charge in [-0.1, -0.05) is 42.8 Å². The number of carbonyl (C=O) groups is 1. The van der Waals surface area contributed by atoms with Gasteiger partial charge in [0.15, 0.2) is 11.5 Å². The zero-order chi connectivity index (χ0) is 26.0. The Hall–Kier alpha value is -3.02. The van der Waals surface area contributed by atoms with Gasteiger partial charge in [0.2, 0.25) is 5.91 Å². The molecule has 0 aliphatic carbocycles. The summed E-state index contributed by atoms with van der Waals surface area (Å²) in [7, 11) is 5.76. The van der Waals surface area contributed by atoms with Crippen LogP contribution in [0.25, 0.3) is 0 Å². The van der Waals surface area contributed by atoms with Crippen LogP contribution in [0, 0.1) is 0 Å². The van der Waals surface area contributed by atoms with E-state index in [-0.39, 0.29) is 30.5 Å². The number of hydrogen-bond donors (Lipinski definition) is 0. The van der Waals surface area contributed by atoms with E-state index in [1.807, 2.05) is 60.4 Å². The van der Waals surface area contributed by atoms with Gasteiger partial charge in [0, 0.05) is 16.8 Å². The molecule has 0 bridgehead atoms. The second-order valence-electron chi connectivity index (χ2n) is 9.66. The summed E-state index contributed by atoms with van der Waals surface area (Å²) in [6, 6.07) is 20.0. The molecule has 2 unspecified atom stereocenters. The lowest BCUT2D eigenvalue weighted by molar-refractivity contribution is -0.118. The maximum atomic E-state index is 13.7. The predicted octanol–water partition coefficient (Wildman–Crippen LogP) is 6.83. The first kappa shape index (κ1) is 26.1. The molecule has 3 aromatic rings. The highest BCUT2D eigenvalue weighted by Crippen LogP contribution is 2.44. The molecule has 36 heavy (non-hydrogen) atoms. The van der Waals surface area contributed by atoms with Crippen molar-refractivity contribution >= 4 is 23.2 Å². The molecule has 1 aliphatic rings. The lowest BCUT2D eigenvalue weighted by atomic mass is 9.86. The van der Waals surface area contributed by atoms with Crippen molar-refractivity contribution in [2.24, 2.45) is 0 Å². The fraction of sp³-hybridized carbons (Fsp3) is 0.367. The Morgan fingerprint density at radius 1 is 1.03 bits per heavy atom. The van der Waals surface area contributed by atoms with Crippen LogP contribution in [-0.2, 0) is 11.2 Å². The summed E-state index contributed by atoms with van der Waals surface area (Å²) in [5.41, 5.74) is 5.02. The Balaban J connectivity index is 1.85. The van der Waals surface area contributed by atoms with Crippen LogP contribution in [0.5, 0.6) is 11.5 Å². The molecule has 4 rings (SSSR count). The quantitative estimate of drug-likeness (QED) is 0.336. The highest BCUT2D eigenvalue weighted by atomic mass is 35.5. The number of methoxy groups -OCH3 is 1. The molecule has 0 aromatic heterocycles. The number of fused-ring (bicyclic) bond motifs is 1. The van der Waals surface area contributed by atoms with E-state index in [0.717, 1.165) is 28.8 Å². The summed E-state index contributed by atoms with van der Waals surface area (Å²) in [6.07, 6.45) is 1.21. The first-order valence-corrected chi connectivity index (χ1v) is 12.8. The van der Waals surface area contributed by atoms with Crippen molar-refractivity contribution < 1.29 is 14.3 Å². The molecule has 0 N–H and O–H groups in total. The van der Waals surface area contributed by atoms with Crippen LogP contribution < -0.4 is 14.4 Å². The Kier molecular flexibility index (Phi) is 7.91. The maximum Gasteiger partial charge on any atom is 0.232 e. The number of benzene rings is 3. The van der Waals surface area contributed by atoms with Crippen LogP contribution in [0.15, 0.2) is 60.7 Å². The fourth-order valence-corrected chi connectivity index (χ4v) is 4.71. The van der Waals surface area contributed by atoms with Crippen LogP contribution in [0.1, 0.15) is 61.5 Å². The highest BCUT2D eigenvalue weighted by molar-refractivity contribution is 6.30. The van der Waals surface area contributed by atoms with E-state index < -0.39 is 0 Å². The first-order valence-electron chi connectivity index (χ1n) is 12.4. The van der Waals surface area contributed by atoms with Gasteiger partial charge in [-0.25, -0.2) is 0 Å². The first-order chi connectivity index (χ1) is 17.2. The van der Waals surface area contributed by atoms with Crippen molar-refractivity contribution in [3.8, 4) is 11.5 Å². The van der Waals surface area contributed by atoms with Gasteiger partial charge >= 0.3 is 0 Å². The normalized spacial score (nSPS) is 17.1. The summed E-state index contributed by atoms with van der Waals surface area (Å²) in [6.45, 7) is 6.30. The van der Waals surface area contributed by atoms with Crippen LogP contribution in [0.4, 0.5) is 5.69 Å². The minimum atomic E-state index is -0.319. The molecule has 0 saturated carbocycles. The van der Waals surface area contributed by atoms with Gasteiger partial charge < -0.3 is 19.3 Å². The number of rotatable bonds is 8. The Labute approximate surface area is 219 Å². The minimum Gasteiger partial charge on any atom is -0.493 e. The Bertz CT molecular complexity index is 1210. The molecule has 1 aliphatic heterocycles. The fourth-order valence-electron chi connectivity index (χ4n) is 4.59. The average Bonchev–Trinajstić information content (AvgIpc) is 2.88. The molecular formula is C30H35ClN2O3. The molecule has 3 aromatic carbocycles. The number of amides is 1. The molecule has 0 spiro atoms. The van der Waals surface area contributed by atoms with Gasteiger partial charge in [-0.2, -0.15) is 0 Å². The van der Waals surface area contributed by atoms with Crippen LogP contribution in [-0.4, -0.2) is 38.1 Å². The zero-order valence-corrected chi connectivity index (χ0v) is 22.7. The summed E-state index contributed by atoms with van der Waals surface area (Å²) in [5, 5.41) is 0.658. The van der Waals surface area contributed by atoms with Crippen LogP contribution in [0.3, 0.4) is 0 Å². The Morgan fingerprint density at radius 2 is 1.69 bits per heavy atom. The molecular weight excluding hydrogens is 472 g/mol. The molecule has 1 heterocycles. The van der Waals surface area contributed by atoms with E-state index in [0.29, 0.717) is 16.5 Å². The second-order valence-corrected chi connectivity index (χ2v) is 10.1. The average molecular weight is 507 g/mol. The monoisotopic (exact) mass is 506 g/mol. The molecule has 5 nitrogen and oxygen atoms in total. The molecule has 6 heteroatoms. The number of carbonyl (C=O) groups excluding carboxylic acids is 1. The van der Waals surface area contributed by atoms with Gasteiger partial charge in [0.25, 0.3) is 0 Å². The molecule has 1 amide bonds. The van der Waals surface area contributed by atoms with Gasteiger partial charge in [-0.3, -0.25) is 4.79 Å². The molecule has 0 saturated heterocycles. The highest BCUT2D eigenvalue weighted by Gasteiger charge is 2.36. The third-order valence-electron chi connectivity index (χ3n) is 7.11. The smallest absolute Gasteiger partial charge is 0.232 e. The van der Waals surface area contributed by atoms with Gasteiger partial charge in [0.1, 0.15) is 0 Å². The summed E-state index contributed by atoms with van der Waals surface area (Å²) in [4.78, 5) is 17.7. The number of hydrogen-bond acceptors (Lipinski definition) is 4. The topological polar surface area (TPSA) is 42.0 Å². The van der Waals surface area contributed by atoms with E-state index >= 15 is 0 Å². The SMILES string of the molecule is CC[C@@H](C)Oc1cc2c(cc1OC)CC(=O)N(c1ccc(C(C)N(C)C)cc1)C2c1ccc(Cl)cc1. The summed E-state index contributed by atoms with van der Waals surface area (Å²) < 4.78 is 11.9. The lowest BCUT2D eigenvalue weighted by Gasteiger charge is -2.38. The lowest BCUT2D eigenvalue weighted by Crippen LogP contribution is -2.41.